The standard InChI is InChI=1S/C27H31N7O2/c1-20-4-5-22(26(35)28-11-13-33-16-14-32(2)15-17-33)18-24(20)31-27-29-19-25(36-27)21-6-8-23(9-7-21)34-12-3-10-30-34/h3-10,12,18-19H,11,13-17H2,1-2H3,(H,28,35)(H,29,31). The van der Waals surface area contributed by atoms with Gasteiger partial charge in [0.15, 0.2) is 5.76 Å². The number of nitrogens with zero attached hydrogens (tertiary/aromatic N) is 5. The first-order chi connectivity index (χ1) is 17.5. The van der Waals surface area contributed by atoms with Gasteiger partial charge in [-0.3, -0.25) is 9.69 Å². The molecule has 2 aromatic carbocycles. The Kier molecular flexibility index (Phi) is 7.11. The summed E-state index contributed by atoms with van der Waals surface area (Å²) in [4.78, 5) is 21.8. The molecule has 0 aliphatic carbocycles. The van der Waals surface area contributed by atoms with Gasteiger partial charge in [-0.2, -0.15) is 5.10 Å². The van der Waals surface area contributed by atoms with Crippen molar-refractivity contribution in [1.29, 1.82) is 0 Å². The largest absolute Gasteiger partial charge is 0.423 e. The average molecular weight is 486 g/mol. The van der Waals surface area contributed by atoms with Gasteiger partial charge in [0.1, 0.15) is 0 Å². The molecule has 9 heteroatoms. The predicted molar refractivity (Wildman–Crippen MR) is 140 cm³/mol. The van der Waals surface area contributed by atoms with Crippen molar-refractivity contribution in [3.63, 3.8) is 0 Å². The van der Waals surface area contributed by atoms with Crippen LogP contribution < -0.4 is 10.6 Å². The summed E-state index contributed by atoms with van der Waals surface area (Å²) in [6.45, 7) is 7.69. The monoisotopic (exact) mass is 485 g/mol. The lowest BCUT2D eigenvalue weighted by atomic mass is 10.1. The van der Waals surface area contributed by atoms with Gasteiger partial charge in [-0.05, 0) is 62.0 Å². The fourth-order valence-electron chi connectivity index (χ4n) is 4.18. The maximum Gasteiger partial charge on any atom is 0.299 e. The van der Waals surface area contributed by atoms with Crippen molar-refractivity contribution in [3.8, 4) is 17.0 Å². The number of anilines is 2. The zero-order chi connectivity index (χ0) is 24.9. The van der Waals surface area contributed by atoms with E-state index in [0.29, 0.717) is 23.9 Å². The van der Waals surface area contributed by atoms with Crippen LogP contribution in [0.4, 0.5) is 11.7 Å². The first-order valence-electron chi connectivity index (χ1n) is 12.2. The Morgan fingerprint density at radius 2 is 1.89 bits per heavy atom. The van der Waals surface area contributed by atoms with Crippen molar-refractivity contribution < 1.29 is 9.21 Å². The molecule has 1 amide bonds. The van der Waals surface area contributed by atoms with E-state index in [0.717, 1.165) is 55.2 Å². The van der Waals surface area contributed by atoms with Crippen LogP contribution in [0.15, 0.2) is 71.5 Å². The van der Waals surface area contributed by atoms with Crippen molar-refractivity contribution in [2.24, 2.45) is 0 Å². The van der Waals surface area contributed by atoms with Crippen molar-refractivity contribution in [2.75, 3.05) is 51.6 Å². The second kappa shape index (κ2) is 10.8. The van der Waals surface area contributed by atoms with Crippen LogP contribution in [0.25, 0.3) is 17.0 Å². The summed E-state index contributed by atoms with van der Waals surface area (Å²) in [5.41, 5.74) is 4.26. The fourth-order valence-corrected chi connectivity index (χ4v) is 4.18. The van der Waals surface area contributed by atoms with Gasteiger partial charge in [0.25, 0.3) is 11.9 Å². The topological polar surface area (TPSA) is 91.5 Å². The molecular formula is C27H31N7O2. The predicted octanol–water partition coefficient (Wildman–Crippen LogP) is 3.56. The molecule has 2 N–H and O–H groups in total. The molecule has 186 valence electrons. The molecule has 1 aliphatic heterocycles. The smallest absolute Gasteiger partial charge is 0.299 e. The van der Waals surface area contributed by atoms with Gasteiger partial charge in [0.2, 0.25) is 0 Å². The van der Waals surface area contributed by atoms with Crippen LogP contribution in [0, 0.1) is 6.92 Å². The van der Waals surface area contributed by atoms with Crippen LogP contribution in [0.1, 0.15) is 15.9 Å². The van der Waals surface area contributed by atoms with Crippen LogP contribution in [-0.2, 0) is 0 Å². The Hall–Kier alpha value is -3.95. The zero-order valence-corrected chi connectivity index (χ0v) is 20.6. The van der Waals surface area contributed by atoms with Gasteiger partial charge in [-0.25, -0.2) is 9.67 Å². The number of rotatable bonds is 8. The first kappa shape index (κ1) is 23.8. The van der Waals surface area contributed by atoms with Gasteiger partial charge < -0.3 is 20.0 Å². The van der Waals surface area contributed by atoms with Crippen LogP contribution in [0.5, 0.6) is 0 Å². The maximum atomic E-state index is 12.7. The van der Waals surface area contributed by atoms with E-state index in [-0.39, 0.29) is 5.91 Å². The molecule has 4 aromatic rings. The van der Waals surface area contributed by atoms with Gasteiger partial charge in [-0.15, -0.1) is 0 Å². The lowest BCUT2D eigenvalue weighted by Crippen LogP contribution is -2.46. The number of amides is 1. The molecule has 1 saturated heterocycles. The van der Waals surface area contributed by atoms with Crippen LogP contribution in [-0.4, -0.2) is 76.8 Å². The van der Waals surface area contributed by atoms with Crippen molar-refractivity contribution in [1.82, 2.24) is 29.9 Å². The second-order valence-electron chi connectivity index (χ2n) is 9.08. The molecule has 2 aromatic heterocycles. The summed E-state index contributed by atoms with van der Waals surface area (Å²) in [6.07, 6.45) is 5.34. The minimum atomic E-state index is -0.0856. The molecule has 0 unspecified atom stereocenters. The highest BCUT2D eigenvalue weighted by Crippen LogP contribution is 2.27. The number of likely N-dealkylation sites (N-methyl/N-ethyl adjacent to an activating group) is 1. The molecular weight excluding hydrogens is 454 g/mol. The maximum absolute atomic E-state index is 12.7. The van der Waals surface area contributed by atoms with Crippen LogP contribution in [0.2, 0.25) is 0 Å². The number of nitrogens with one attached hydrogen (secondary N) is 2. The van der Waals surface area contributed by atoms with Crippen LogP contribution in [0.3, 0.4) is 0 Å². The normalized spacial score (nSPS) is 14.6. The number of hydrogen-bond donors (Lipinski definition) is 2. The number of carbonyl (C=O) groups excluding carboxylic acids is 1. The summed E-state index contributed by atoms with van der Waals surface area (Å²) in [7, 11) is 2.14. The molecule has 0 saturated carbocycles. The molecule has 0 radical (unpaired) electrons. The quantitative estimate of drug-likeness (QED) is 0.394. The molecule has 9 nitrogen and oxygen atoms in total. The molecule has 5 rings (SSSR count). The number of piperazine rings is 1. The number of aryl methyl sites for hydroxylation is 1. The Labute approximate surface area is 210 Å². The molecule has 0 spiro atoms. The third-order valence-electron chi connectivity index (χ3n) is 6.48. The summed E-state index contributed by atoms with van der Waals surface area (Å²) in [6, 6.07) is 15.8. The number of hydrogen-bond acceptors (Lipinski definition) is 7. The molecule has 3 heterocycles. The van der Waals surface area contributed by atoms with E-state index in [1.165, 1.54) is 0 Å². The fraction of sp³-hybridized carbons (Fsp3) is 0.296. The first-order valence-corrected chi connectivity index (χ1v) is 12.2. The summed E-state index contributed by atoms with van der Waals surface area (Å²) >= 11 is 0. The zero-order valence-electron chi connectivity index (χ0n) is 20.6. The van der Waals surface area contributed by atoms with Crippen LogP contribution >= 0.6 is 0 Å². The number of benzene rings is 2. The minimum absolute atomic E-state index is 0.0856. The van der Waals surface area contributed by atoms with Crippen molar-refractivity contribution in [2.45, 2.75) is 6.92 Å². The summed E-state index contributed by atoms with van der Waals surface area (Å²) < 4.78 is 7.75. The van der Waals surface area contributed by atoms with E-state index in [9.17, 15) is 4.79 Å². The van der Waals surface area contributed by atoms with E-state index in [1.807, 2.05) is 61.7 Å². The summed E-state index contributed by atoms with van der Waals surface area (Å²) in [5, 5.41) is 10.5. The van der Waals surface area contributed by atoms with Crippen molar-refractivity contribution >= 4 is 17.6 Å². The Morgan fingerprint density at radius 3 is 2.64 bits per heavy atom. The van der Waals surface area contributed by atoms with E-state index < -0.39 is 0 Å². The third kappa shape index (κ3) is 5.64. The number of carbonyl (C=O) groups is 1. The highest BCUT2D eigenvalue weighted by molar-refractivity contribution is 5.95. The van der Waals surface area contributed by atoms with E-state index in [1.54, 1.807) is 17.1 Å². The number of aromatic nitrogens is 3. The van der Waals surface area contributed by atoms with Gasteiger partial charge >= 0.3 is 0 Å². The minimum Gasteiger partial charge on any atom is -0.423 e. The van der Waals surface area contributed by atoms with E-state index in [4.69, 9.17) is 4.42 Å². The third-order valence-corrected chi connectivity index (χ3v) is 6.48. The molecule has 36 heavy (non-hydrogen) atoms. The van der Waals surface area contributed by atoms with E-state index >= 15 is 0 Å². The van der Waals surface area contributed by atoms with Gasteiger partial charge in [0, 0.05) is 68.5 Å². The Bertz CT molecular complexity index is 1290. The Balaban J connectivity index is 1.20. The molecule has 0 bridgehead atoms. The van der Waals surface area contributed by atoms with Crippen molar-refractivity contribution in [3.05, 3.63) is 78.2 Å². The Morgan fingerprint density at radius 1 is 1.08 bits per heavy atom. The van der Waals surface area contributed by atoms with Gasteiger partial charge in [0.05, 0.1) is 11.9 Å². The number of oxazole rings is 1. The second-order valence-corrected chi connectivity index (χ2v) is 9.08. The molecule has 1 fully saturated rings. The molecule has 1 aliphatic rings. The van der Waals surface area contributed by atoms with Gasteiger partial charge in [-0.1, -0.05) is 6.07 Å². The highest BCUT2D eigenvalue weighted by Gasteiger charge is 2.15. The molecule has 0 atom stereocenters. The van der Waals surface area contributed by atoms with E-state index in [2.05, 4.69) is 37.6 Å². The highest BCUT2D eigenvalue weighted by atomic mass is 16.4. The summed E-state index contributed by atoms with van der Waals surface area (Å²) in [5.74, 6) is 0.567. The lowest BCUT2D eigenvalue weighted by Gasteiger charge is -2.32. The average Bonchev–Trinajstić information content (AvgIpc) is 3.59. The lowest BCUT2D eigenvalue weighted by molar-refractivity contribution is 0.0941. The SMILES string of the molecule is Cc1ccc(C(=O)NCCN2CCN(C)CC2)cc1Nc1ncc(-c2ccc(-n3cccn3)cc2)o1.